The van der Waals surface area contributed by atoms with Crippen LogP contribution >= 0.6 is 0 Å². The van der Waals surface area contributed by atoms with Crippen LogP contribution in [-0.4, -0.2) is 48.7 Å². The molecule has 1 aliphatic carbocycles. The van der Waals surface area contributed by atoms with Crippen molar-refractivity contribution in [3.63, 3.8) is 0 Å². The van der Waals surface area contributed by atoms with Gasteiger partial charge in [0.2, 0.25) is 5.91 Å². The molecule has 0 saturated carbocycles. The van der Waals surface area contributed by atoms with Crippen LogP contribution in [0.5, 0.6) is 0 Å². The minimum absolute atomic E-state index is 0.0531. The summed E-state index contributed by atoms with van der Waals surface area (Å²) >= 11 is 0. The van der Waals surface area contributed by atoms with E-state index in [1.165, 1.54) is 19.1 Å². The first-order valence-electron chi connectivity index (χ1n) is 7.25. The summed E-state index contributed by atoms with van der Waals surface area (Å²) < 4.78 is 5.04. The van der Waals surface area contributed by atoms with Crippen molar-refractivity contribution in [1.29, 1.82) is 0 Å². The Morgan fingerprint density at radius 2 is 2.25 bits per heavy atom. The molecule has 1 fully saturated rings. The molecular weight excluding hydrogens is 258 g/mol. The molecule has 2 rings (SSSR count). The molecule has 5 heteroatoms. The van der Waals surface area contributed by atoms with Crippen LogP contribution in [-0.2, 0) is 14.3 Å². The van der Waals surface area contributed by atoms with Gasteiger partial charge in [0.1, 0.15) is 5.41 Å². The van der Waals surface area contributed by atoms with Crippen molar-refractivity contribution in [3.05, 3.63) is 11.6 Å². The number of carboxylic acids is 1. The number of methoxy groups -OCH3 is 1. The number of likely N-dealkylation sites (tertiary alicyclic amines) is 1. The lowest BCUT2D eigenvalue weighted by molar-refractivity contribution is -0.151. The van der Waals surface area contributed by atoms with Crippen LogP contribution in [0.25, 0.3) is 0 Å². The molecule has 5 nitrogen and oxygen atoms in total. The number of carboxylic acid groups (broad SMARTS) is 1. The quantitative estimate of drug-likeness (QED) is 0.781. The Hall–Kier alpha value is -1.36. The fourth-order valence-electron chi connectivity index (χ4n) is 3.09. The van der Waals surface area contributed by atoms with E-state index in [0.717, 1.165) is 19.3 Å². The van der Waals surface area contributed by atoms with Gasteiger partial charge in [-0.3, -0.25) is 9.59 Å². The van der Waals surface area contributed by atoms with E-state index >= 15 is 0 Å². The molecule has 1 heterocycles. The first-order chi connectivity index (χ1) is 9.57. The Kier molecular flexibility index (Phi) is 4.81. The number of amides is 1. The maximum Gasteiger partial charge on any atom is 0.313 e. The Labute approximate surface area is 119 Å². The number of hydrogen-bond acceptors (Lipinski definition) is 3. The molecule has 1 saturated heterocycles. The van der Waals surface area contributed by atoms with Crippen molar-refractivity contribution in [2.45, 2.75) is 38.5 Å². The van der Waals surface area contributed by atoms with Gasteiger partial charge in [0.05, 0.1) is 6.61 Å². The van der Waals surface area contributed by atoms with E-state index in [1.54, 1.807) is 4.90 Å². The molecule has 1 unspecified atom stereocenters. The van der Waals surface area contributed by atoms with Gasteiger partial charge in [-0.05, 0) is 32.1 Å². The predicted octanol–water partition coefficient (Wildman–Crippen LogP) is 1.83. The second-order valence-electron chi connectivity index (χ2n) is 5.87. The van der Waals surface area contributed by atoms with E-state index in [4.69, 9.17) is 4.74 Å². The molecule has 2 aliphatic rings. The predicted molar refractivity (Wildman–Crippen MR) is 74.3 cm³/mol. The van der Waals surface area contributed by atoms with Crippen molar-refractivity contribution in [2.24, 2.45) is 5.41 Å². The largest absolute Gasteiger partial charge is 0.481 e. The highest BCUT2D eigenvalue weighted by molar-refractivity contribution is 5.82. The van der Waals surface area contributed by atoms with Gasteiger partial charge in [-0.2, -0.15) is 0 Å². The summed E-state index contributed by atoms with van der Waals surface area (Å²) in [5, 5.41) is 9.39. The third-order valence-electron chi connectivity index (χ3n) is 4.34. The summed E-state index contributed by atoms with van der Waals surface area (Å²) in [4.78, 5) is 25.4. The lowest BCUT2D eigenvalue weighted by atomic mass is 9.88. The maximum absolute atomic E-state index is 12.3. The molecule has 0 radical (unpaired) electrons. The van der Waals surface area contributed by atoms with Crippen LogP contribution in [0.15, 0.2) is 11.6 Å². The van der Waals surface area contributed by atoms with E-state index in [9.17, 15) is 14.7 Å². The van der Waals surface area contributed by atoms with Crippen molar-refractivity contribution >= 4 is 11.9 Å². The summed E-state index contributed by atoms with van der Waals surface area (Å²) in [5.41, 5.74) is 0.284. The van der Waals surface area contributed by atoms with Gasteiger partial charge in [-0.15, -0.1) is 0 Å². The molecule has 20 heavy (non-hydrogen) atoms. The number of carbonyl (C=O) groups excluding carboxylic acids is 1. The third kappa shape index (κ3) is 3.20. The fraction of sp³-hybridized carbons (Fsp3) is 0.733. The lowest BCUT2D eigenvalue weighted by Crippen LogP contribution is -2.40. The Balaban J connectivity index is 1.95. The molecule has 0 aromatic carbocycles. The smallest absolute Gasteiger partial charge is 0.313 e. The number of allylic oxidation sites excluding steroid dienone is 1. The lowest BCUT2D eigenvalue weighted by Gasteiger charge is -2.24. The third-order valence-corrected chi connectivity index (χ3v) is 4.34. The Morgan fingerprint density at radius 3 is 2.85 bits per heavy atom. The van der Waals surface area contributed by atoms with E-state index in [-0.39, 0.29) is 19.1 Å². The fourth-order valence-corrected chi connectivity index (χ4v) is 3.09. The van der Waals surface area contributed by atoms with Crippen molar-refractivity contribution < 1.29 is 19.4 Å². The molecule has 1 amide bonds. The molecular formula is C15H23NO4. The zero-order valence-corrected chi connectivity index (χ0v) is 12.1. The summed E-state index contributed by atoms with van der Waals surface area (Å²) in [6.07, 6.45) is 7.51. The molecule has 0 bridgehead atoms. The van der Waals surface area contributed by atoms with Crippen LogP contribution in [0.1, 0.15) is 38.5 Å². The van der Waals surface area contributed by atoms with Gasteiger partial charge in [-0.1, -0.05) is 11.6 Å². The molecule has 0 aromatic heterocycles. The summed E-state index contributed by atoms with van der Waals surface area (Å²) in [7, 11) is 1.50. The average molecular weight is 281 g/mol. The molecule has 1 atom stereocenters. The van der Waals surface area contributed by atoms with Gasteiger partial charge in [-0.25, -0.2) is 0 Å². The van der Waals surface area contributed by atoms with Gasteiger partial charge >= 0.3 is 5.97 Å². The van der Waals surface area contributed by atoms with Crippen LogP contribution in [0.2, 0.25) is 0 Å². The Bertz CT molecular complexity index is 418. The minimum Gasteiger partial charge on any atom is -0.481 e. The van der Waals surface area contributed by atoms with Gasteiger partial charge in [0.25, 0.3) is 0 Å². The topological polar surface area (TPSA) is 66.8 Å². The number of hydrogen-bond donors (Lipinski definition) is 1. The molecule has 0 spiro atoms. The van der Waals surface area contributed by atoms with Crippen molar-refractivity contribution in [3.8, 4) is 0 Å². The highest BCUT2D eigenvalue weighted by Crippen LogP contribution is 2.32. The number of nitrogens with zero attached hydrogens (tertiary/aromatic N) is 1. The zero-order chi connectivity index (χ0) is 14.6. The second-order valence-corrected chi connectivity index (χ2v) is 5.87. The second kappa shape index (κ2) is 6.39. The van der Waals surface area contributed by atoms with Gasteiger partial charge in [0, 0.05) is 26.6 Å². The van der Waals surface area contributed by atoms with Crippen molar-refractivity contribution in [1.82, 2.24) is 4.90 Å². The monoisotopic (exact) mass is 281 g/mol. The SMILES string of the molecule is COCC1(C(=O)O)CCN(C(=O)CC2=CCCCC2)C1. The first-order valence-corrected chi connectivity index (χ1v) is 7.25. The van der Waals surface area contributed by atoms with E-state index in [1.807, 2.05) is 0 Å². The number of aliphatic carboxylic acids is 1. The maximum atomic E-state index is 12.3. The highest BCUT2D eigenvalue weighted by atomic mass is 16.5. The van der Waals surface area contributed by atoms with E-state index < -0.39 is 11.4 Å². The van der Waals surface area contributed by atoms with Gasteiger partial charge < -0.3 is 14.7 Å². The molecule has 0 aromatic rings. The van der Waals surface area contributed by atoms with Crippen LogP contribution < -0.4 is 0 Å². The molecule has 112 valence electrons. The number of ether oxygens (including phenoxy) is 1. The number of rotatable bonds is 5. The van der Waals surface area contributed by atoms with E-state index in [2.05, 4.69) is 6.08 Å². The molecule has 1 N–H and O–H groups in total. The minimum atomic E-state index is -0.925. The molecule has 1 aliphatic heterocycles. The van der Waals surface area contributed by atoms with Crippen molar-refractivity contribution in [2.75, 3.05) is 26.8 Å². The highest BCUT2D eigenvalue weighted by Gasteiger charge is 2.46. The van der Waals surface area contributed by atoms with Crippen LogP contribution in [0.4, 0.5) is 0 Å². The summed E-state index contributed by atoms with van der Waals surface area (Å²) in [6, 6.07) is 0. The van der Waals surface area contributed by atoms with Gasteiger partial charge in [0.15, 0.2) is 0 Å². The van der Waals surface area contributed by atoms with Crippen LogP contribution in [0, 0.1) is 5.41 Å². The number of carbonyl (C=O) groups is 2. The average Bonchev–Trinajstić information content (AvgIpc) is 2.86. The van der Waals surface area contributed by atoms with Crippen LogP contribution in [0.3, 0.4) is 0 Å². The Morgan fingerprint density at radius 1 is 1.45 bits per heavy atom. The summed E-state index contributed by atoms with van der Waals surface area (Å²) in [6.45, 7) is 0.943. The zero-order valence-electron chi connectivity index (χ0n) is 12.1. The normalized spacial score (nSPS) is 26.4. The first kappa shape index (κ1) is 15.0. The standard InChI is InChI=1S/C15H23NO4/c1-20-11-15(14(18)19)7-8-16(10-15)13(17)9-12-5-3-2-4-6-12/h5H,2-4,6-11H2,1H3,(H,18,19). The summed E-state index contributed by atoms with van der Waals surface area (Å²) in [5.74, 6) is -0.816. The van der Waals surface area contributed by atoms with E-state index in [0.29, 0.717) is 19.4 Å².